The van der Waals surface area contributed by atoms with Gasteiger partial charge in [-0.3, -0.25) is 9.89 Å². The lowest BCUT2D eigenvalue weighted by Gasteiger charge is -2.25. The third kappa shape index (κ3) is 2.10. The van der Waals surface area contributed by atoms with Crippen LogP contribution in [0.4, 0.5) is 5.82 Å². The van der Waals surface area contributed by atoms with E-state index in [1.165, 1.54) is 6.92 Å². The molecule has 3 rings (SSSR count). The summed E-state index contributed by atoms with van der Waals surface area (Å²) in [6.07, 6.45) is 1.64. The topological polar surface area (TPSA) is 81.6 Å². The lowest BCUT2D eigenvalue weighted by atomic mass is 9.82. The fourth-order valence-corrected chi connectivity index (χ4v) is 2.78. The summed E-state index contributed by atoms with van der Waals surface area (Å²) in [6.45, 7) is 1.42. The van der Waals surface area contributed by atoms with Crippen molar-refractivity contribution in [3.8, 4) is 6.07 Å². The minimum Gasteiger partial charge on any atom is -0.337 e. The monoisotopic (exact) mass is 298 g/mol. The highest BCUT2D eigenvalue weighted by Crippen LogP contribution is 2.42. The standard InChI is InChI=1S/C15H11ClN4O/c1-8(21)14-10(6-17)13(9-4-2-3-5-12(9)16)11-7-18-20-15(11)19-14/h2-5,7,13H,1H3,(H2,18,19,20). The van der Waals surface area contributed by atoms with Crippen molar-refractivity contribution in [1.82, 2.24) is 10.2 Å². The number of fused-ring (bicyclic) bond motifs is 1. The number of aromatic amines is 1. The first kappa shape index (κ1) is 13.4. The van der Waals surface area contributed by atoms with Gasteiger partial charge in [0.1, 0.15) is 5.82 Å². The number of nitrogens with zero attached hydrogens (tertiary/aromatic N) is 2. The average Bonchev–Trinajstić information content (AvgIpc) is 2.94. The number of H-pyrrole nitrogens is 1. The van der Waals surface area contributed by atoms with Gasteiger partial charge in [0.05, 0.1) is 29.5 Å². The molecule has 0 radical (unpaired) electrons. The number of nitrogens with one attached hydrogen (secondary N) is 2. The van der Waals surface area contributed by atoms with Crippen molar-refractivity contribution in [2.45, 2.75) is 12.8 Å². The van der Waals surface area contributed by atoms with Crippen LogP contribution in [0.2, 0.25) is 5.02 Å². The lowest BCUT2D eigenvalue weighted by Crippen LogP contribution is -2.21. The third-order valence-corrected chi connectivity index (χ3v) is 3.82. The summed E-state index contributed by atoms with van der Waals surface area (Å²) in [4.78, 5) is 11.8. The van der Waals surface area contributed by atoms with Crippen LogP contribution in [0.25, 0.3) is 0 Å². The first-order valence-electron chi connectivity index (χ1n) is 6.33. The Kier molecular flexibility index (Phi) is 3.24. The van der Waals surface area contributed by atoms with Gasteiger partial charge in [-0.2, -0.15) is 10.4 Å². The number of carbonyl (C=O) groups excluding carboxylic acids is 1. The fourth-order valence-electron chi connectivity index (χ4n) is 2.54. The van der Waals surface area contributed by atoms with E-state index in [-0.39, 0.29) is 11.5 Å². The molecule has 2 heterocycles. The predicted molar refractivity (Wildman–Crippen MR) is 78.8 cm³/mol. The lowest BCUT2D eigenvalue weighted by molar-refractivity contribution is -0.113. The number of allylic oxidation sites excluding steroid dienone is 2. The van der Waals surface area contributed by atoms with Gasteiger partial charge in [0.2, 0.25) is 0 Å². The quantitative estimate of drug-likeness (QED) is 0.893. The van der Waals surface area contributed by atoms with Crippen molar-refractivity contribution in [3.05, 3.63) is 57.9 Å². The average molecular weight is 299 g/mol. The van der Waals surface area contributed by atoms with E-state index in [4.69, 9.17) is 11.6 Å². The molecule has 0 fully saturated rings. The molecule has 1 aliphatic rings. The van der Waals surface area contributed by atoms with Crippen molar-refractivity contribution in [1.29, 1.82) is 5.26 Å². The molecule has 1 aromatic carbocycles. The molecule has 2 aromatic rings. The van der Waals surface area contributed by atoms with Gasteiger partial charge in [0, 0.05) is 17.5 Å². The minimum absolute atomic E-state index is 0.205. The number of nitriles is 1. The number of anilines is 1. The first-order valence-corrected chi connectivity index (χ1v) is 6.71. The molecule has 21 heavy (non-hydrogen) atoms. The van der Waals surface area contributed by atoms with Crippen LogP contribution in [0.15, 0.2) is 41.7 Å². The van der Waals surface area contributed by atoms with E-state index < -0.39 is 5.92 Å². The van der Waals surface area contributed by atoms with Gasteiger partial charge in [-0.1, -0.05) is 29.8 Å². The zero-order chi connectivity index (χ0) is 15.0. The van der Waals surface area contributed by atoms with Gasteiger partial charge in [-0.25, -0.2) is 0 Å². The second kappa shape index (κ2) is 5.08. The number of ketones is 1. The molecule has 0 aliphatic carbocycles. The van der Waals surface area contributed by atoms with E-state index >= 15 is 0 Å². The number of aromatic nitrogens is 2. The Morgan fingerprint density at radius 2 is 2.14 bits per heavy atom. The van der Waals surface area contributed by atoms with E-state index in [1.807, 2.05) is 18.2 Å². The van der Waals surface area contributed by atoms with Crippen molar-refractivity contribution in [2.75, 3.05) is 5.32 Å². The number of hydrogen-bond donors (Lipinski definition) is 2. The molecule has 6 heteroatoms. The van der Waals surface area contributed by atoms with Crippen LogP contribution >= 0.6 is 11.6 Å². The van der Waals surface area contributed by atoms with Crippen molar-refractivity contribution in [2.24, 2.45) is 0 Å². The smallest absolute Gasteiger partial charge is 0.177 e. The molecule has 0 saturated heterocycles. The van der Waals surface area contributed by atoms with Gasteiger partial charge in [0.15, 0.2) is 5.78 Å². The normalized spacial score (nSPS) is 16.9. The molecule has 0 saturated carbocycles. The van der Waals surface area contributed by atoms with Crippen LogP contribution in [0.5, 0.6) is 0 Å². The van der Waals surface area contributed by atoms with Crippen molar-refractivity contribution < 1.29 is 4.79 Å². The molecule has 0 spiro atoms. The Labute approximate surface area is 126 Å². The summed E-state index contributed by atoms with van der Waals surface area (Å²) >= 11 is 6.27. The maximum absolute atomic E-state index is 11.8. The van der Waals surface area contributed by atoms with Crippen molar-refractivity contribution in [3.63, 3.8) is 0 Å². The minimum atomic E-state index is -0.405. The summed E-state index contributed by atoms with van der Waals surface area (Å²) in [5, 5.41) is 19.8. The molecule has 0 amide bonds. The number of hydrogen-bond acceptors (Lipinski definition) is 4. The second-order valence-electron chi connectivity index (χ2n) is 4.74. The van der Waals surface area contributed by atoms with Crippen molar-refractivity contribution >= 4 is 23.2 Å². The SMILES string of the molecule is CC(=O)C1=C(C#N)C(c2ccccc2Cl)c2cn[nH]c2N1. The molecule has 2 N–H and O–H groups in total. The molecule has 5 nitrogen and oxygen atoms in total. The number of halogens is 1. The molecule has 0 bridgehead atoms. The highest BCUT2D eigenvalue weighted by molar-refractivity contribution is 6.31. The van der Waals surface area contributed by atoms with E-state index in [0.29, 0.717) is 16.4 Å². The number of benzene rings is 1. The Balaban J connectivity index is 2.28. The summed E-state index contributed by atoms with van der Waals surface area (Å²) in [5.74, 6) is 0.00516. The van der Waals surface area contributed by atoms with Gasteiger partial charge in [-0.15, -0.1) is 0 Å². The number of rotatable bonds is 2. The number of carbonyl (C=O) groups is 1. The van der Waals surface area contributed by atoms with Crippen LogP contribution in [-0.4, -0.2) is 16.0 Å². The van der Waals surface area contributed by atoms with Crippen LogP contribution in [0, 0.1) is 11.3 Å². The highest BCUT2D eigenvalue weighted by atomic mass is 35.5. The third-order valence-electron chi connectivity index (χ3n) is 3.48. The maximum Gasteiger partial charge on any atom is 0.177 e. The Bertz CT molecular complexity index is 800. The van der Waals surface area contributed by atoms with Crippen LogP contribution < -0.4 is 5.32 Å². The second-order valence-corrected chi connectivity index (χ2v) is 5.14. The van der Waals surface area contributed by atoms with E-state index in [9.17, 15) is 10.1 Å². The summed E-state index contributed by atoms with van der Waals surface area (Å²) < 4.78 is 0. The molecule has 1 aromatic heterocycles. The molecule has 1 unspecified atom stereocenters. The van der Waals surface area contributed by atoms with Gasteiger partial charge in [-0.05, 0) is 11.6 Å². The highest BCUT2D eigenvalue weighted by Gasteiger charge is 2.33. The molecular formula is C15H11ClN4O. The van der Waals surface area contributed by atoms with Crippen LogP contribution in [0.1, 0.15) is 24.0 Å². The van der Waals surface area contributed by atoms with Gasteiger partial charge < -0.3 is 5.32 Å². The summed E-state index contributed by atoms with van der Waals surface area (Å²) in [7, 11) is 0. The Hall–Kier alpha value is -2.58. The molecule has 1 atom stereocenters. The predicted octanol–water partition coefficient (Wildman–Crippen LogP) is 2.99. The van der Waals surface area contributed by atoms with Crippen LogP contribution in [0.3, 0.4) is 0 Å². The molecular weight excluding hydrogens is 288 g/mol. The van der Waals surface area contributed by atoms with E-state index in [1.54, 1.807) is 12.3 Å². The summed E-state index contributed by atoms with van der Waals surface area (Å²) in [5.41, 5.74) is 2.20. The van der Waals surface area contributed by atoms with E-state index in [0.717, 1.165) is 11.1 Å². The first-order chi connectivity index (χ1) is 10.1. The molecule has 1 aliphatic heterocycles. The number of Topliss-reactive ketones (excluding diaryl/α,β-unsaturated/α-hetero) is 1. The molecule has 104 valence electrons. The Morgan fingerprint density at radius 3 is 2.81 bits per heavy atom. The zero-order valence-corrected chi connectivity index (χ0v) is 11.9. The van der Waals surface area contributed by atoms with Gasteiger partial charge in [0.25, 0.3) is 0 Å². The largest absolute Gasteiger partial charge is 0.337 e. The van der Waals surface area contributed by atoms with Crippen LogP contribution in [-0.2, 0) is 4.79 Å². The fraction of sp³-hybridized carbons (Fsp3) is 0.133. The van der Waals surface area contributed by atoms with E-state index in [2.05, 4.69) is 21.6 Å². The maximum atomic E-state index is 11.8. The Morgan fingerprint density at radius 1 is 1.38 bits per heavy atom. The zero-order valence-electron chi connectivity index (χ0n) is 11.1. The van der Waals surface area contributed by atoms with Gasteiger partial charge >= 0.3 is 0 Å². The summed E-state index contributed by atoms with van der Waals surface area (Å²) in [6, 6.07) is 9.43.